The molecule has 0 saturated heterocycles. The number of hydrogen-bond acceptors (Lipinski definition) is 4. The first-order valence-corrected chi connectivity index (χ1v) is 6.22. The number of aromatic amines is 1. The molecule has 2 aromatic rings. The maximum Gasteiger partial charge on any atom is 0.271 e. The Kier molecular flexibility index (Phi) is 4.19. The molecule has 2 rings (SSSR count). The van der Waals surface area contributed by atoms with Gasteiger partial charge in [-0.2, -0.15) is 0 Å². The fourth-order valence-electron chi connectivity index (χ4n) is 1.77. The first-order chi connectivity index (χ1) is 9.11. The summed E-state index contributed by atoms with van der Waals surface area (Å²) >= 11 is 5.94. The minimum absolute atomic E-state index is 0.101. The Morgan fingerprint density at radius 2 is 1.95 bits per heavy atom. The van der Waals surface area contributed by atoms with E-state index in [1.165, 1.54) is 6.33 Å². The van der Waals surface area contributed by atoms with Crippen molar-refractivity contribution >= 4 is 17.4 Å². The monoisotopic (exact) mass is 278 g/mol. The lowest BCUT2D eigenvalue weighted by Gasteiger charge is -2.18. The SMILES string of the molecule is CN(Cc1ccc(CN)cc1)c1nc[nH]c(=O)c1Cl. The molecule has 0 aliphatic carbocycles. The molecule has 1 heterocycles. The topological polar surface area (TPSA) is 75.0 Å². The average Bonchev–Trinajstić information content (AvgIpc) is 2.42. The summed E-state index contributed by atoms with van der Waals surface area (Å²) in [6, 6.07) is 7.96. The van der Waals surface area contributed by atoms with Gasteiger partial charge < -0.3 is 15.6 Å². The van der Waals surface area contributed by atoms with Gasteiger partial charge in [0, 0.05) is 20.1 Å². The van der Waals surface area contributed by atoms with E-state index in [4.69, 9.17) is 17.3 Å². The molecule has 0 radical (unpaired) electrons. The zero-order chi connectivity index (χ0) is 13.8. The average molecular weight is 279 g/mol. The molecule has 6 heteroatoms. The van der Waals surface area contributed by atoms with Crippen molar-refractivity contribution in [3.8, 4) is 0 Å². The van der Waals surface area contributed by atoms with Crippen molar-refractivity contribution in [3.05, 3.63) is 57.1 Å². The molecule has 0 fully saturated rings. The third-order valence-electron chi connectivity index (χ3n) is 2.82. The maximum absolute atomic E-state index is 11.4. The second-order valence-electron chi connectivity index (χ2n) is 4.25. The van der Waals surface area contributed by atoms with Crippen molar-refractivity contribution in [2.75, 3.05) is 11.9 Å². The van der Waals surface area contributed by atoms with Crippen LogP contribution in [0, 0.1) is 0 Å². The minimum atomic E-state index is -0.336. The van der Waals surface area contributed by atoms with Crippen LogP contribution in [0.3, 0.4) is 0 Å². The highest BCUT2D eigenvalue weighted by atomic mass is 35.5. The smallest absolute Gasteiger partial charge is 0.271 e. The third-order valence-corrected chi connectivity index (χ3v) is 3.16. The second-order valence-corrected chi connectivity index (χ2v) is 4.62. The summed E-state index contributed by atoms with van der Waals surface area (Å²) in [5.41, 5.74) is 7.39. The number of rotatable bonds is 4. The number of hydrogen-bond donors (Lipinski definition) is 2. The molecule has 0 atom stereocenters. The number of nitrogens with zero attached hydrogens (tertiary/aromatic N) is 2. The maximum atomic E-state index is 11.4. The van der Waals surface area contributed by atoms with Crippen molar-refractivity contribution in [2.45, 2.75) is 13.1 Å². The fourth-order valence-corrected chi connectivity index (χ4v) is 2.02. The largest absolute Gasteiger partial charge is 0.354 e. The van der Waals surface area contributed by atoms with E-state index in [0.29, 0.717) is 18.9 Å². The summed E-state index contributed by atoms with van der Waals surface area (Å²) in [7, 11) is 1.84. The molecule has 100 valence electrons. The van der Waals surface area contributed by atoms with Gasteiger partial charge in [0.25, 0.3) is 5.56 Å². The highest BCUT2D eigenvalue weighted by Gasteiger charge is 2.10. The number of anilines is 1. The molecule has 3 N–H and O–H groups in total. The predicted octanol–water partition coefficient (Wildman–Crippen LogP) is 1.52. The van der Waals surface area contributed by atoms with Gasteiger partial charge in [-0.05, 0) is 11.1 Å². The molecule has 0 unspecified atom stereocenters. The summed E-state index contributed by atoms with van der Waals surface area (Å²) in [5.74, 6) is 0.466. The first kappa shape index (κ1) is 13.6. The van der Waals surface area contributed by atoms with Gasteiger partial charge in [-0.1, -0.05) is 35.9 Å². The number of nitrogens with one attached hydrogen (secondary N) is 1. The molecule has 1 aromatic carbocycles. The molecule has 0 spiro atoms. The van der Waals surface area contributed by atoms with Gasteiger partial charge in [-0.25, -0.2) is 4.98 Å². The zero-order valence-electron chi connectivity index (χ0n) is 10.6. The van der Waals surface area contributed by atoms with Gasteiger partial charge in [-0.3, -0.25) is 4.79 Å². The van der Waals surface area contributed by atoms with Crippen LogP contribution in [-0.4, -0.2) is 17.0 Å². The number of H-pyrrole nitrogens is 1. The number of aromatic nitrogens is 2. The van der Waals surface area contributed by atoms with E-state index in [-0.39, 0.29) is 10.6 Å². The van der Waals surface area contributed by atoms with Gasteiger partial charge in [0.15, 0.2) is 5.82 Å². The molecule has 5 nitrogen and oxygen atoms in total. The van der Waals surface area contributed by atoms with Crippen molar-refractivity contribution < 1.29 is 0 Å². The van der Waals surface area contributed by atoms with Crippen LogP contribution in [0.5, 0.6) is 0 Å². The summed E-state index contributed by atoms with van der Waals surface area (Å²) in [6.07, 6.45) is 1.34. The van der Waals surface area contributed by atoms with E-state index in [2.05, 4.69) is 9.97 Å². The molecule has 0 amide bonds. The minimum Gasteiger partial charge on any atom is -0.354 e. The molecule has 0 aliphatic heterocycles. The van der Waals surface area contributed by atoms with E-state index in [1.807, 2.05) is 36.2 Å². The van der Waals surface area contributed by atoms with Crippen LogP contribution in [0.25, 0.3) is 0 Å². The predicted molar refractivity (Wildman–Crippen MR) is 76.3 cm³/mol. The Balaban J connectivity index is 2.18. The van der Waals surface area contributed by atoms with Crippen molar-refractivity contribution in [3.63, 3.8) is 0 Å². The van der Waals surface area contributed by atoms with Crippen LogP contribution in [-0.2, 0) is 13.1 Å². The van der Waals surface area contributed by atoms with Gasteiger partial charge in [0.2, 0.25) is 0 Å². The van der Waals surface area contributed by atoms with Crippen molar-refractivity contribution in [1.29, 1.82) is 0 Å². The highest BCUT2D eigenvalue weighted by Crippen LogP contribution is 2.18. The molecular formula is C13H15ClN4O. The molecule has 19 heavy (non-hydrogen) atoms. The van der Waals surface area contributed by atoms with E-state index in [9.17, 15) is 4.79 Å². The van der Waals surface area contributed by atoms with E-state index in [0.717, 1.165) is 11.1 Å². The molecule has 0 saturated carbocycles. The summed E-state index contributed by atoms with van der Waals surface area (Å²) in [6.45, 7) is 1.14. The lowest BCUT2D eigenvalue weighted by molar-refractivity contribution is 0.885. The first-order valence-electron chi connectivity index (χ1n) is 5.84. The fraction of sp³-hybridized carbons (Fsp3) is 0.231. The van der Waals surface area contributed by atoms with Crippen LogP contribution < -0.4 is 16.2 Å². The molecule has 0 aliphatic rings. The van der Waals surface area contributed by atoms with Crippen molar-refractivity contribution in [1.82, 2.24) is 9.97 Å². The van der Waals surface area contributed by atoms with E-state index >= 15 is 0 Å². The van der Waals surface area contributed by atoms with Crippen LogP contribution in [0.2, 0.25) is 5.02 Å². The van der Waals surface area contributed by atoms with E-state index < -0.39 is 0 Å². The van der Waals surface area contributed by atoms with Crippen LogP contribution in [0.1, 0.15) is 11.1 Å². The number of benzene rings is 1. The molecule has 0 bridgehead atoms. The Morgan fingerprint density at radius 1 is 1.32 bits per heavy atom. The Bertz CT molecular complexity index is 609. The molecular weight excluding hydrogens is 264 g/mol. The highest BCUT2D eigenvalue weighted by molar-refractivity contribution is 6.32. The zero-order valence-corrected chi connectivity index (χ0v) is 11.3. The van der Waals surface area contributed by atoms with Crippen molar-refractivity contribution in [2.24, 2.45) is 5.73 Å². The van der Waals surface area contributed by atoms with E-state index in [1.54, 1.807) is 0 Å². The van der Waals surface area contributed by atoms with Crippen LogP contribution >= 0.6 is 11.6 Å². The van der Waals surface area contributed by atoms with Crippen LogP contribution in [0.15, 0.2) is 35.4 Å². The van der Waals surface area contributed by atoms with Crippen LogP contribution in [0.4, 0.5) is 5.82 Å². The van der Waals surface area contributed by atoms with Gasteiger partial charge >= 0.3 is 0 Å². The standard InChI is InChI=1S/C13H15ClN4O/c1-18(12-11(14)13(19)17-8-16-12)7-10-4-2-9(6-15)3-5-10/h2-5,8H,6-7,15H2,1H3,(H,16,17,19). The number of nitrogens with two attached hydrogens (primary N) is 1. The Hall–Kier alpha value is -1.85. The summed E-state index contributed by atoms with van der Waals surface area (Å²) in [4.78, 5) is 19.8. The quantitative estimate of drug-likeness (QED) is 0.889. The third kappa shape index (κ3) is 3.13. The Morgan fingerprint density at radius 3 is 2.58 bits per heavy atom. The number of halogens is 1. The van der Waals surface area contributed by atoms with Gasteiger partial charge in [0.05, 0.1) is 6.33 Å². The Labute approximate surface area is 116 Å². The summed E-state index contributed by atoms with van der Waals surface area (Å²) < 4.78 is 0. The normalized spacial score (nSPS) is 10.5. The van der Waals surface area contributed by atoms with Gasteiger partial charge in [0.1, 0.15) is 5.02 Å². The lowest BCUT2D eigenvalue weighted by Crippen LogP contribution is -2.21. The lowest BCUT2D eigenvalue weighted by atomic mass is 10.1. The van der Waals surface area contributed by atoms with Gasteiger partial charge in [-0.15, -0.1) is 0 Å². The second kappa shape index (κ2) is 5.86. The molecule has 1 aromatic heterocycles. The summed E-state index contributed by atoms with van der Waals surface area (Å²) in [5, 5.41) is 0.101.